The molecule has 164 valence electrons. The molecule has 0 radical (unpaired) electrons. The second-order valence-electron chi connectivity index (χ2n) is 8.07. The summed E-state index contributed by atoms with van der Waals surface area (Å²) in [7, 11) is 0. The second kappa shape index (κ2) is 9.62. The third-order valence-electron chi connectivity index (χ3n) is 5.81. The van der Waals surface area contributed by atoms with E-state index in [9.17, 15) is 14.4 Å². The van der Waals surface area contributed by atoms with Crippen molar-refractivity contribution in [1.29, 1.82) is 0 Å². The number of rotatable bonds is 6. The van der Waals surface area contributed by atoms with E-state index in [4.69, 9.17) is 5.73 Å². The van der Waals surface area contributed by atoms with Gasteiger partial charge in [0.25, 0.3) is 11.5 Å². The fraction of sp³-hybridized carbons (Fsp3) is 0.240. The molecule has 2 amide bonds. The average Bonchev–Trinajstić information content (AvgIpc) is 2.81. The highest BCUT2D eigenvalue weighted by molar-refractivity contribution is 6.04. The molecular formula is C25H26N4O3. The molecular weight excluding hydrogens is 404 g/mol. The molecule has 7 nitrogen and oxygen atoms in total. The van der Waals surface area contributed by atoms with Crippen LogP contribution in [0.15, 0.2) is 71.5 Å². The number of piperidine rings is 1. The van der Waals surface area contributed by atoms with E-state index in [-0.39, 0.29) is 17.4 Å². The van der Waals surface area contributed by atoms with Gasteiger partial charge in [0.15, 0.2) is 0 Å². The second-order valence-corrected chi connectivity index (χ2v) is 8.07. The average molecular weight is 431 g/mol. The Kier molecular flexibility index (Phi) is 6.47. The van der Waals surface area contributed by atoms with Gasteiger partial charge in [0.05, 0.1) is 5.92 Å². The van der Waals surface area contributed by atoms with Crippen molar-refractivity contribution in [3.05, 3.63) is 88.2 Å². The molecule has 1 aliphatic rings. The molecule has 4 rings (SSSR count). The highest BCUT2D eigenvalue weighted by Gasteiger charge is 2.24. The Hall–Kier alpha value is -3.71. The maximum Gasteiger partial charge on any atom is 0.261 e. The Bertz CT molecular complexity index is 1170. The number of nitrogens with one attached hydrogen (secondary N) is 2. The lowest BCUT2D eigenvalue weighted by Gasteiger charge is -2.31. The van der Waals surface area contributed by atoms with E-state index in [1.54, 1.807) is 12.1 Å². The molecule has 0 bridgehead atoms. The summed E-state index contributed by atoms with van der Waals surface area (Å²) in [5, 5.41) is 2.87. The molecule has 0 saturated carbocycles. The molecule has 1 aliphatic heterocycles. The van der Waals surface area contributed by atoms with E-state index < -0.39 is 11.5 Å². The number of nitrogens with zero attached hydrogens (tertiary/aromatic N) is 1. The normalized spacial score (nSPS) is 16.4. The Balaban J connectivity index is 1.49. The summed E-state index contributed by atoms with van der Waals surface area (Å²) >= 11 is 0. The van der Waals surface area contributed by atoms with Gasteiger partial charge in [-0.15, -0.1) is 0 Å². The molecule has 4 N–H and O–H groups in total. The number of carbonyl (C=O) groups excluding carboxylic acids is 2. The van der Waals surface area contributed by atoms with E-state index in [2.05, 4.69) is 15.2 Å². The predicted molar refractivity (Wildman–Crippen MR) is 124 cm³/mol. The Morgan fingerprint density at radius 3 is 2.53 bits per heavy atom. The predicted octanol–water partition coefficient (Wildman–Crippen LogP) is 2.99. The number of primary amides is 1. The van der Waals surface area contributed by atoms with Crippen LogP contribution in [-0.2, 0) is 11.3 Å². The standard InChI is InChI=1S/C25H26N4O3/c26-23(30)19-10-6-14-29(16-19)15-18-9-4-5-11-21(18)27-24(31)20-12-13-22(28-25(20)32)17-7-2-1-3-8-17/h1-5,7-9,11-13,19H,6,10,14-16H2,(H2,26,30)(H,27,31)(H,28,32). The van der Waals surface area contributed by atoms with Gasteiger partial charge in [-0.2, -0.15) is 0 Å². The van der Waals surface area contributed by atoms with Crippen LogP contribution < -0.4 is 16.6 Å². The highest BCUT2D eigenvalue weighted by Crippen LogP contribution is 2.23. The Labute approximate surface area is 186 Å². The smallest absolute Gasteiger partial charge is 0.261 e. The van der Waals surface area contributed by atoms with Crippen molar-refractivity contribution in [3.8, 4) is 11.3 Å². The summed E-state index contributed by atoms with van der Waals surface area (Å²) in [6.45, 7) is 2.06. The maximum absolute atomic E-state index is 12.9. The van der Waals surface area contributed by atoms with Crippen molar-refractivity contribution in [2.75, 3.05) is 18.4 Å². The summed E-state index contributed by atoms with van der Waals surface area (Å²) in [4.78, 5) is 42.0. The first-order chi connectivity index (χ1) is 15.5. The minimum absolute atomic E-state index is 0.0475. The first-order valence-electron chi connectivity index (χ1n) is 10.7. The summed E-state index contributed by atoms with van der Waals surface area (Å²) in [5.74, 6) is -0.881. The Morgan fingerprint density at radius 1 is 1.03 bits per heavy atom. The number of likely N-dealkylation sites (tertiary alicyclic amines) is 1. The van der Waals surface area contributed by atoms with Crippen molar-refractivity contribution in [3.63, 3.8) is 0 Å². The summed E-state index contributed by atoms with van der Waals surface area (Å²) in [5.41, 5.74) is 8.18. The van der Waals surface area contributed by atoms with Crippen molar-refractivity contribution >= 4 is 17.5 Å². The zero-order valence-electron chi connectivity index (χ0n) is 17.7. The summed E-state index contributed by atoms with van der Waals surface area (Å²) in [6.07, 6.45) is 1.72. The van der Waals surface area contributed by atoms with E-state index >= 15 is 0 Å². The van der Waals surface area contributed by atoms with Crippen LogP contribution in [0.2, 0.25) is 0 Å². The first kappa shape index (κ1) is 21.5. The van der Waals surface area contributed by atoms with Crippen LogP contribution >= 0.6 is 0 Å². The molecule has 3 aromatic rings. The number of carbonyl (C=O) groups is 2. The van der Waals surface area contributed by atoms with E-state index in [1.165, 1.54) is 0 Å². The lowest BCUT2D eigenvalue weighted by Crippen LogP contribution is -2.40. The Morgan fingerprint density at radius 2 is 1.78 bits per heavy atom. The molecule has 1 saturated heterocycles. The molecule has 7 heteroatoms. The van der Waals surface area contributed by atoms with Gasteiger partial charge < -0.3 is 16.0 Å². The number of pyridine rings is 1. The number of H-pyrrole nitrogens is 1. The third-order valence-corrected chi connectivity index (χ3v) is 5.81. The number of aromatic amines is 1. The monoisotopic (exact) mass is 430 g/mol. The van der Waals surface area contributed by atoms with E-state index in [0.29, 0.717) is 24.5 Å². The minimum atomic E-state index is -0.466. The van der Waals surface area contributed by atoms with E-state index in [0.717, 1.165) is 30.5 Å². The fourth-order valence-corrected chi connectivity index (χ4v) is 4.08. The fourth-order valence-electron chi connectivity index (χ4n) is 4.08. The SMILES string of the molecule is NC(=O)C1CCCN(Cc2ccccc2NC(=O)c2ccc(-c3ccccc3)[nH]c2=O)C1. The summed E-state index contributed by atoms with van der Waals surface area (Å²) < 4.78 is 0. The van der Waals surface area contributed by atoms with Crippen molar-refractivity contribution < 1.29 is 9.59 Å². The lowest BCUT2D eigenvalue weighted by atomic mass is 9.97. The van der Waals surface area contributed by atoms with Gasteiger partial charge >= 0.3 is 0 Å². The largest absolute Gasteiger partial charge is 0.369 e. The summed E-state index contributed by atoms with van der Waals surface area (Å²) in [6, 6.07) is 20.2. The lowest BCUT2D eigenvalue weighted by molar-refractivity contribution is -0.123. The van der Waals surface area contributed by atoms with Crippen molar-refractivity contribution in [1.82, 2.24) is 9.88 Å². The zero-order valence-corrected chi connectivity index (χ0v) is 17.7. The molecule has 2 heterocycles. The van der Waals surface area contributed by atoms with Crippen LogP contribution in [-0.4, -0.2) is 34.8 Å². The molecule has 1 fully saturated rings. The minimum Gasteiger partial charge on any atom is -0.369 e. The molecule has 1 unspecified atom stereocenters. The number of aromatic nitrogens is 1. The number of para-hydroxylation sites is 1. The van der Waals surface area contributed by atoms with Gasteiger partial charge in [0.1, 0.15) is 5.56 Å². The van der Waals surface area contributed by atoms with Crippen LogP contribution in [0.5, 0.6) is 0 Å². The zero-order chi connectivity index (χ0) is 22.5. The quantitative estimate of drug-likeness (QED) is 0.559. The van der Waals surface area contributed by atoms with Gasteiger partial charge in [-0.25, -0.2) is 0 Å². The molecule has 1 atom stereocenters. The van der Waals surface area contributed by atoms with E-state index in [1.807, 2.05) is 54.6 Å². The van der Waals surface area contributed by atoms with Gasteiger partial charge in [-0.05, 0) is 48.7 Å². The van der Waals surface area contributed by atoms with Crippen LogP contribution in [0.4, 0.5) is 5.69 Å². The van der Waals surface area contributed by atoms with Crippen LogP contribution in [0.25, 0.3) is 11.3 Å². The number of benzene rings is 2. The number of hydrogen-bond donors (Lipinski definition) is 3. The first-order valence-corrected chi connectivity index (χ1v) is 10.7. The molecule has 2 aromatic carbocycles. The number of anilines is 1. The molecule has 0 aliphatic carbocycles. The number of nitrogens with two attached hydrogens (primary N) is 1. The molecule has 0 spiro atoms. The maximum atomic E-state index is 12.9. The third kappa shape index (κ3) is 4.95. The van der Waals surface area contributed by atoms with Crippen molar-refractivity contribution in [2.45, 2.75) is 19.4 Å². The highest BCUT2D eigenvalue weighted by atomic mass is 16.2. The van der Waals surface area contributed by atoms with Crippen LogP contribution in [0, 0.1) is 5.92 Å². The molecule has 1 aromatic heterocycles. The van der Waals surface area contributed by atoms with Gasteiger partial charge in [0, 0.05) is 24.5 Å². The topological polar surface area (TPSA) is 108 Å². The van der Waals surface area contributed by atoms with Gasteiger partial charge in [-0.3, -0.25) is 19.3 Å². The molecule has 32 heavy (non-hydrogen) atoms. The van der Waals surface area contributed by atoms with Crippen LogP contribution in [0.3, 0.4) is 0 Å². The number of hydrogen-bond acceptors (Lipinski definition) is 4. The van der Waals surface area contributed by atoms with Gasteiger partial charge in [-0.1, -0.05) is 48.5 Å². The van der Waals surface area contributed by atoms with Crippen LogP contribution in [0.1, 0.15) is 28.8 Å². The van der Waals surface area contributed by atoms with Crippen molar-refractivity contribution in [2.24, 2.45) is 11.7 Å². The number of amides is 2. The van der Waals surface area contributed by atoms with Gasteiger partial charge in [0.2, 0.25) is 5.91 Å².